The van der Waals surface area contributed by atoms with Crippen LogP contribution < -0.4 is 9.80 Å². The highest BCUT2D eigenvalue weighted by Crippen LogP contribution is 2.22. The Labute approximate surface area is 126 Å². The normalized spacial score (nSPS) is 15.5. The SMILES string of the molecule is Fc1ccccc1N1CCN(c2cccc(Br)n2)CC1. The molecule has 1 aliphatic heterocycles. The first kappa shape index (κ1) is 13.4. The van der Waals surface area contributed by atoms with E-state index in [0.29, 0.717) is 5.69 Å². The van der Waals surface area contributed by atoms with Crippen molar-refractivity contribution in [3.8, 4) is 0 Å². The molecule has 0 N–H and O–H groups in total. The van der Waals surface area contributed by atoms with Gasteiger partial charge >= 0.3 is 0 Å². The Balaban J connectivity index is 1.70. The van der Waals surface area contributed by atoms with Crippen molar-refractivity contribution in [3.05, 3.63) is 52.9 Å². The molecule has 0 aliphatic carbocycles. The summed E-state index contributed by atoms with van der Waals surface area (Å²) in [5.41, 5.74) is 0.689. The molecule has 0 spiro atoms. The number of hydrogen-bond acceptors (Lipinski definition) is 3. The van der Waals surface area contributed by atoms with Gasteiger partial charge in [-0.2, -0.15) is 0 Å². The van der Waals surface area contributed by atoms with E-state index in [1.165, 1.54) is 6.07 Å². The van der Waals surface area contributed by atoms with E-state index < -0.39 is 0 Å². The Morgan fingerprint density at radius 1 is 0.900 bits per heavy atom. The third-order valence-electron chi connectivity index (χ3n) is 3.50. The Hall–Kier alpha value is -1.62. The van der Waals surface area contributed by atoms with Crippen molar-refractivity contribution in [1.82, 2.24) is 4.98 Å². The van der Waals surface area contributed by atoms with E-state index in [0.717, 1.165) is 36.6 Å². The largest absolute Gasteiger partial charge is 0.366 e. The van der Waals surface area contributed by atoms with E-state index in [4.69, 9.17) is 0 Å². The molecule has 5 heteroatoms. The average Bonchev–Trinajstić information content (AvgIpc) is 2.48. The first-order valence-electron chi connectivity index (χ1n) is 6.61. The third kappa shape index (κ3) is 2.77. The van der Waals surface area contributed by atoms with Crippen LogP contribution in [0.2, 0.25) is 0 Å². The van der Waals surface area contributed by atoms with Gasteiger partial charge in [-0.05, 0) is 40.2 Å². The van der Waals surface area contributed by atoms with E-state index >= 15 is 0 Å². The lowest BCUT2D eigenvalue weighted by Crippen LogP contribution is -2.47. The lowest BCUT2D eigenvalue weighted by atomic mass is 10.2. The van der Waals surface area contributed by atoms with Crippen molar-refractivity contribution >= 4 is 27.4 Å². The van der Waals surface area contributed by atoms with Crippen LogP contribution in [-0.4, -0.2) is 31.2 Å². The van der Waals surface area contributed by atoms with Crippen LogP contribution >= 0.6 is 15.9 Å². The van der Waals surface area contributed by atoms with E-state index in [9.17, 15) is 4.39 Å². The van der Waals surface area contributed by atoms with Crippen molar-refractivity contribution in [2.75, 3.05) is 36.0 Å². The van der Waals surface area contributed by atoms with Gasteiger partial charge in [0.1, 0.15) is 16.2 Å². The fraction of sp³-hybridized carbons (Fsp3) is 0.267. The highest BCUT2D eigenvalue weighted by atomic mass is 79.9. The molecule has 0 bridgehead atoms. The molecule has 1 aromatic heterocycles. The summed E-state index contributed by atoms with van der Waals surface area (Å²) in [4.78, 5) is 8.77. The molecule has 0 amide bonds. The van der Waals surface area contributed by atoms with E-state index in [-0.39, 0.29) is 5.82 Å². The minimum atomic E-state index is -0.151. The number of anilines is 2. The summed E-state index contributed by atoms with van der Waals surface area (Å²) in [5, 5.41) is 0. The van der Waals surface area contributed by atoms with Gasteiger partial charge in [-0.15, -0.1) is 0 Å². The number of rotatable bonds is 2. The van der Waals surface area contributed by atoms with E-state index in [1.807, 2.05) is 30.3 Å². The van der Waals surface area contributed by atoms with Gasteiger partial charge in [0.2, 0.25) is 0 Å². The van der Waals surface area contributed by atoms with Gasteiger partial charge < -0.3 is 9.80 Å². The highest BCUT2D eigenvalue weighted by Gasteiger charge is 2.20. The molecule has 1 aliphatic rings. The molecule has 1 saturated heterocycles. The molecular formula is C15H15BrFN3. The van der Waals surface area contributed by atoms with Crippen LogP contribution in [0.25, 0.3) is 0 Å². The zero-order valence-corrected chi connectivity index (χ0v) is 12.6. The number of piperazine rings is 1. The Kier molecular flexibility index (Phi) is 3.87. The first-order chi connectivity index (χ1) is 9.74. The molecule has 3 rings (SSSR count). The predicted molar refractivity (Wildman–Crippen MR) is 82.8 cm³/mol. The molecule has 3 nitrogen and oxygen atoms in total. The molecule has 1 aromatic carbocycles. The molecule has 0 atom stereocenters. The van der Waals surface area contributed by atoms with E-state index in [2.05, 4.69) is 30.7 Å². The van der Waals surface area contributed by atoms with Crippen molar-refractivity contribution in [1.29, 1.82) is 0 Å². The van der Waals surface area contributed by atoms with Gasteiger partial charge in [0.05, 0.1) is 5.69 Å². The lowest BCUT2D eigenvalue weighted by molar-refractivity contribution is 0.596. The molecule has 1 fully saturated rings. The smallest absolute Gasteiger partial charge is 0.146 e. The van der Waals surface area contributed by atoms with Crippen LogP contribution in [0.15, 0.2) is 47.1 Å². The molecule has 2 aromatic rings. The van der Waals surface area contributed by atoms with Crippen LogP contribution in [0.1, 0.15) is 0 Å². The summed E-state index contributed by atoms with van der Waals surface area (Å²) in [6.45, 7) is 3.29. The van der Waals surface area contributed by atoms with Crippen LogP contribution in [0.5, 0.6) is 0 Å². The summed E-state index contributed by atoms with van der Waals surface area (Å²) >= 11 is 3.39. The fourth-order valence-electron chi connectivity index (χ4n) is 2.46. The highest BCUT2D eigenvalue weighted by molar-refractivity contribution is 9.10. The number of aromatic nitrogens is 1. The average molecular weight is 336 g/mol. The summed E-state index contributed by atoms with van der Waals surface area (Å²) < 4.78 is 14.6. The Bertz CT molecular complexity index is 597. The Morgan fingerprint density at radius 3 is 2.30 bits per heavy atom. The minimum absolute atomic E-state index is 0.151. The monoisotopic (exact) mass is 335 g/mol. The maximum Gasteiger partial charge on any atom is 0.146 e. The molecular weight excluding hydrogens is 321 g/mol. The maximum atomic E-state index is 13.8. The number of para-hydroxylation sites is 1. The summed E-state index contributed by atoms with van der Waals surface area (Å²) in [7, 11) is 0. The standard InChI is InChI=1S/C15H15BrFN3/c16-14-6-3-7-15(18-14)20-10-8-19(9-11-20)13-5-2-1-4-12(13)17/h1-7H,8-11H2. The minimum Gasteiger partial charge on any atom is -0.366 e. The molecule has 2 heterocycles. The first-order valence-corrected chi connectivity index (χ1v) is 7.40. The van der Waals surface area contributed by atoms with Crippen LogP contribution in [0.3, 0.4) is 0 Å². The van der Waals surface area contributed by atoms with Crippen LogP contribution in [0.4, 0.5) is 15.9 Å². The summed E-state index contributed by atoms with van der Waals surface area (Å²) in [6, 6.07) is 12.8. The second kappa shape index (κ2) is 5.79. The summed E-state index contributed by atoms with van der Waals surface area (Å²) in [5.74, 6) is 0.814. The van der Waals surface area contributed by atoms with Gasteiger partial charge in [0, 0.05) is 26.2 Å². The Morgan fingerprint density at radius 2 is 1.60 bits per heavy atom. The second-order valence-corrected chi connectivity index (χ2v) is 5.56. The number of benzene rings is 1. The zero-order valence-electron chi connectivity index (χ0n) is 11.0. The zero-order chi connectivity index (χ0) is 13.9. The molecule has 0 radical (unpaired) electrons. The van der Waals surface area contributed by atoms with Crippen molar-refractivity contribution in [2.45, 2.75) is 0 Å². The number of pyridine rings is 1. The van der Waals surface area contributed by atoms with Crippen molar-refractivity contribution < 1.29 is 4.39 Å². The van der Waals surface area contributed by atoms with Crippen molar-refractivity contribution in [2.24, 2.45) is 0 Å². The van der Waals surface area contributed by atoms with Gasteiger partial charge in [-0.3, -0.25) is 0 Å². The number of nitrogens with zero attached hydrogens (tertiary/aromatic N) is 3. The summed E-state index contributed by atoms with van der Waals surface area (Å²) in [6.07, 6.45) is 0. The quantitative estimate of drug-likeness (QED) is 0.785. The second-order valence-electron chi connectivity index (χ2n) is 4.74. The number of hydrogen-bond donors (Lipinski definition) is 0. The molecule has 0 saturated carbocycles. The predicted octanol–water partition coefficient (Wildman–Crippen LogP) is 3.31. The van der Waals surface area contributed by atoms with Gasteiger partial charge in [-0.1, -0.05) is 18.2 Å². The molecule has 104 valence electrons. The van der Waals surface area contributed by atoms with Crippen LogP contribution in [-0.2, 0) is 0 Å². The molecule has 0 unspecified atom stereocenters. The topological polar surface area (TPSA) is 19.4 Å². The van der Waals surface area contributed by atoms with Gasteiger partial charge in [-0.25, -0.2) is 9.37 Å². The van der Waals surface area contributed by atoms with E-state index in [1.54, 1.807) is 6.07 Å². The van der Waals surface area contributed by atoms with Gasteiger partial charge in [0.25, 0.3) is 0 Å². The third-order valence-corrected chi connectivity index (χ3v) is 3.94. The van der Waals surface area contributed by atoms with Gasteiger partial charge in [0.15, 0.2) is 0 Å². The maximum absolute atomic E-state index is 13.8. The van der Waals surface area contributed by atoms with Crippen molar-refractivity contribution in [3.63, 3.8) is 0 Å². The fourth-order valence-corrected chi connectivity index (χ4v) is 2.79. The van der Waals surface area contributed by atoms with Crippen LogP contribution in [0, 0.1) is 5.82 Å². The number of halogens is 2. The lowest BCUT2D eigenvalue weighted by Gasteiger charge is -2.36. The molecule has 20 heavy (non-hydrogen) atoms.